The number of piperidine rings is 1. The zero-order valence-corrected chi connectivity index (χ0v) is 12.4. The lowest BCUT2D eigenvalue weighted by atomic mass is 9.97. The summed E-state index contributed by atoms with van der Waals surface area (Å²) in [6.07, 6.45) is 2.16. The quantitative estimate of drug-likeness (QED) is 0.863. The Morgan fingerprint density at radius 2 is 2.33 bits per heavy atom. The van der Waals surface area contributed by atoms with Gasteiger partial charge >= 0.3 is 0 Å². The number of nitrogens with two attached hydrogens (primary N) is 1. The minimum Gasteiger partial charge on any atom is -0.393 e. The van der Waals surface area contributed by atoms with Crippen LogP contribution in [0.1, 0.15) is 18.4 Å². The van der Waals surface area contributed by atoms with Gasteiger partial charge in [-0.3, -0.25) is 4.90 Å². The molecule has 1 atom stereocenters. The van der Waals surface area contributed by atoms with Crippen LogP contribution in [0.2, 0.25) is 0 Å². The molecular weight excluding hydrogens is 315 g/mol. The van der Waals surface area contributed by atoms with Gasteiger partial charge in [0.05, 0.1) is 9.46 Å². The highest BCUT2D eigenvalue weighted by molar-refractivity contribution is 9.10. The van der Waals surface area contributed by atoms with Crippen molar-refractivity contribution in [3.05, 3.63) is 34.1 Å². The Hall–Kier alpha value is -0.520. The summed E-state index contributed by atoms with van der Waals surface area (Å²) in [5.74, 6) is 0.0801. The molecule has 1 aliphatic heterocycles. The maximum absolute atomic E-state index is 13.4. The van der Waals surface area contributed by atoms with Crippen LogP contribution in [-0.2, 0) is 6.54 Å². The van der Waals surface area contributed by atoms with Gasteiger partial charge in [0.25, 0.3) is 0 Å². The molecule has 0 amide bonds. The van der Waals surface area contributed by atoms with E-state index in [0.717, 1.165) is 38.0 Å². The lowest BCUT2D eigenvalue weighted by Crippen LogP contribution is -2.40. The Morgan fingerprint density at radius 3 is 3.06 bits per heavy atom. The lowest BCUT2D eigenvalue weighted by molar-refractivity contribution is 0.196. The van der Waals surface area contributed by atoms with Gasteiger partial charge in [0.1, 0.15) is 5.82 Å². The third-order valence-corrected chi connectivity index (χ3v) is 4.55. The molecule has 0 aromatic heterocycles. The summed E-state index contributed by atoms with van der Waals surface area (Å²) in [7, 11) is 0. The van der Waals surface area contributed by atoms with E-state index in [0.29, 0.717) is 15.4 Å². The summed E-state index contributed by atoms with van der Waals surface area (Å²) >= 11 is 8.36. The number of rotatable bonds is 3. The number of hydrogen-bond acceptors (Lipinski definition) is 2. The number of hydrogen-bond donors (Lipinski definition) is 1. The van der Waals surface area contributed by atoms with Gasteiger partial charge in [-0.15, -0.1) is 0 Å². The van der Waals surface area contributed by atoms with Crippen LogP contribution in [0.25, 0.3) is 0 Å². The molecule has 18 heavy (non-hydrogen) atoms. The third-order valence-electron chi connectivity index (χ3n) is 3.33. The van der Waals surface area contributed by atoms with E-state index in [1.807, 2.05) is 6.07 Å². The second kappa shape index (κ2) is 6.08. The molecule has 1 aromatic carbocycles. The largest absolute Gasteiger partial charge is 0.393 e. The van der Waals surface area contributed by atoms with Crippen LogP contribution in [0, 0.1) is 11.7 Å². The fourth-order valence-corrected chi connectivity index (χ4v) is 2.92. The zero-order chi connectivity index (χ0) is 13.1. The van der Waals surface area contributed by atoms with Crippen LogP contribution in [0.4, 0.5) is 4.39 Å². The van der Waals surface area contributed by atoms with Crippen molar-refractivity contribution >= 4 is 33.1 Å². The molecule has 5 heteroatoms. The molecule has 0 aliphatic carbocycles. The monoisotopic (exact) mass is 330 g/mol. The smallest absolute Gasteiger partial charge is 0.137 e. The van der Waals surface area contributed by atoms with Crippen LogP contribution in [0.15, 0.2) is 22.7 Å². The predicted molar refractivity (Wildman–Crippen MR) is 78.9 cm³/mol. The second-order valence-corrected chi connectivity index (χ2v) is 5.95. The molecular formula is C13H16BrFN2S. The Balaban J connectivity index is 2.05. The maximum Gasteiger partial charge on any atom is 0.137 e. The summed E-state index contributed by atoms with van der Waals surface area (Å²) in [5, 5.41) is 0. The van der Waals surface area contributed by atoms with Crippen LogP contribution in [0.3, 0.4) is 0 Å². The van der Waals surface area contributed by atoms with Gasteiger partial charge in [-0.2, -0.15) is 0 Å². The first-order valence-electron chi connectivity index (χ1n) is 6.02. The van der Waals surface area contributed by atoms with Crippen molar-refractivity contribution in [3.63, 3.8) is 0 Å². The molecule has 0 spiro atoms. The van der Waals surface area contributed by atoms with E-state index in [-0.39, 0.29) is 5.82 Å². The number of thiocarbonyl (C=S) groups is 1. The van der Waals surface area contributed by atoms with E-state index in [9.17, 15) is 4.39 Å². The molecule has 2 nitrogen and oxygen atoms in total. The normalized spacial score (nSPS) is 20.9. The first-order valence-corrected chi connectivity index (χ1v) is 7.22. The highest BCUT2D eigenvalue weighted by Gasteiger charge is 2.22. The second-order valence-electron chi connectivity index (χ2n) is 4.69. The van der Waals surface area contributed by atoms with E-state index < -0.39 is 0 Å². The minimum absolute atomic E-state index is 0.213. The standard InChI is InChI=1S/C13H16BrFN2S/c14-12-9(3-1-5-11(12)15)7-17-6-2-4-10(8-17)13(16)18/h1,3,5,10H,2,4,6-8H2,(H2,16,18). The van der Waals surface area contributed by atoms with Crippen LogP contribution in [-0.4, -0.2) is 23.0 Å². The van der Waals surface area contributed by atoms with Crippen LogP contribution in [0.5, 0.6) is 0 Å². The van der Waals surface area contributed by atoms with Crippen molar-refractivity contribution < 1.29 is 4.39 Å². The van der Waals surface area contributed by atoms with Crippen molar-refractivity contribution in [2.24, 2.45) is 11.7 Å². The van der Waals surface area contributed by atoms with Gasteiger partial charge in [-0.1, -0.05) is 24.4 Å². The topological polar surface area (TPSA) is 29.3 Å². The van der Waals surface area contributed by atoms with Gasteiger partial charge < -0.3 is 5.73 Å². The summed E-state index contributed by atoms with van der Waals surface area (Å²) in [6, 6.07) is 5.14. The fourth-order valence-electron chi connectivity index (χ4n) is 2.34. The molecule has 1 heterocycles. The summed E-state index contributed by atoms with van der Waals surface area (Å²) in [6.45, 7) is 2.62. The molecule has 2 N–H and O–H groups in total. The van der Waals surface area contributed by atoms with Crippen molar-refractivity contribution in [1.29, 1.82) is 0 Å². The van der Waals surface area contributed by atoms with Crippen molar-refractivity contribution in [3.8, 4) is 0 Å². The molecule has 1 fully saturated rings. The highest BCUT2D eigenvalue weighted by atomic mass is 79.9. The highest BCUT2D eigenvalue weighted by Crippen LogP contribution is 2.24. The van der Waals surface area contributed by atoms with E-state index in [1.54, 1.807) is 6.07 Å². The molecule has 0 radical (unpaired) electrons. The maximum atomic E-state index is 13.4. The average molecular weight is 331 g/mol. The molecule has 1 saturated heterocycles. The van der Waals surface area contributed by atoms with Crippen molar-refractivity contribution in [2.45, 2.75) is 19.4 Å². The average Bonchev–Trinajstić information content (AvgIpc) is 2.35. The fraction of sp³-hybridized carbons (Fsp3) is 0.462. The number of nitrogens with zero attached hydrogens (tertiary/aromatic N) is 1. The van der Waals surface area contributed by atoms with Gasteiger partial charge in [0, 0.05) is 19.0 Å². The van der Waals surface area contributed by atoms with Crippen LogP contribution >= 0.6 is 28.1 Å². The van der Waals surface area contributed by atoms with Crippen molar-refractivity contribution in [1.82, 2.24) is 4.90 Å². The van der Waals surface area contributed by atoms with Gasteiger partial charge in [0.2, 0.25) is 0 Å². The van der Waals surface area contributed by atoms with E-state index in [2.05, 4.69) is 20.8 Å². The minimum atomic E-state index is -0.213. The lowest BCUT2D eigenvalue weighted by Gasteiger charge is -2.32. The van der Waals surface area contributed by atoms with Crippen molar-refractivity contribution in [2.75, 3.05) is 13.1 Å². The Bertz CT molecular complexity index is 453. The number of likely N-dealkylation sites (tertiary alicyclic amines) is 1. The number of halogens is 2. The molecule has 98 valence electrons. The van der Waals surface area contributed by atoms with E-state index >= 15 is 0 Å². The summed E-state index contributed by atoms with van der Waals surface area (Å²) in [5.41, 5.74) is 6.68. The molecule has 1 aliphatic rings. The SMILES string of the molecule is NC(=S)C1CCCN(Cc2cccc(F)c2Br)C1. The summed E-state index contributed by atoms with van der Waals surface area (Å²) < 4.78 is 14.0. The van der Waals surface area contributed by atoms with E-state index in [4.69, 9.17) is 18.0 Å². The Kier molecular flexibility index (Phi) is 4.70. The zero-order valence-electron chi connectivity index (χ0n) is 10.0. The number of benzene rings is 1. The van der Waals surface area contributed by atoms with Gasteiger partial charge in [0.15, 0.2) is 0 Å². The molecule has 1 unspecified atom stereocenters. The summed E-state index contributed by atoms with van der Waals surface area (Å²) in [4.78, 5) is 2.88. The Labute approximate surface area is 120 Å². The van der Waals surface area contributed by atoms with Gasteiger partial charge in [-0.05, 0) is 46.9 Å². The van der Waals surface area contributed by atoms with Gasteiger partial charge in [-0.25, -0.2) is 4.39 Å². The molecule has 1 aromatic rings. The molecule has 0 bridgehead atoms. The molecule has 2 rings (SSSR count). The van der Waals surface area contributed by atoms with E-state index in [1.165, 1.54) is 6.07 Å². The first-order chi connectivity index (χ1) is 8.58. The first kappa shape index (κ1) is 13.9. The third kappa shape index (κ3) is 3.28. The van der Waals surface area contributed by atoms with Crippen LogP contribution < -0.4 is 5.73 Å². The Morgan fingerprint density at radius 1 is 1.56 bits per heavy atom. The molecule has 0 saturated carbocycles. The predicted octanol–water partition coefficient (Wildman–Crippen LogP) is 3.09.